The number of benzene rings is 2. The van der Waals surface area contributed by atoms with Gasteiger partial charge in [0.2, 0.25) is 5.82 Å². The van der Waals surface area contributed by atoms with E-state index in [1.807, 2.05) is 4.90 Å². The third-order valence-corrected chi connectivity index (χ3v) is 7.68. The number of methoxy groups -OCH3 is 1. The molecule has 1 fully saturated rings. The fourth-order valence-electron chi connectivity index (χ4n) is 5.20. The zero-order chi connectivity index (χ0) is 28.2. The van der Waals surface area contributed by atoms with E-state index in [4.69, 9.17) is 21.1 Å². The van der Waals surface area contributed by atoms with Gasteiger partial charge in [-0.2, -0.15) is 4.39 Å². The fraction of sp³-hybridized carbons (Fsp3) is 0.429. The van der Waals surface area contributed by atoms with E-state index in [0.29, 0.717) is 67.2 Å². The first-order chi connectivity index (χ1) is 18.6. The van der Waals surface area contributed by atoms with Gasteiger partial charge in [-0.15, -0.1) is 0 Å². The van der Waals surface area contributed by atoms with Crippen LogP contribution in [0.3, 0.4) is 0 Å². The molecule has 0 amide bonds. The highest BCUT2D eigenvalue weighted by Gasteiger charge is 2.37. The molecule has 1 aromatic heterocycles. The number of alkyl halides is 1. The van der Waals surface area contributed by atoms with Gasteiger partial charge in [-0.05, 0) is 62.4 Å². The Morgan fingerprint density at radius 3 is 2.64 bits per heavy atom. The molecular weight excluding hydrogens is 540 g/mol. The normalized spacial score (nSPS) is 16.3. The van der Waals surface area contributed by atoms with Gasteiger partial charge in [0.15, 0.2) is 11.6 Å². The van der Waals surface area contributed by atoms with E-state index < -0.39 is 40.8 Å². The first-order valence-electron chi connectivity index (χ1n) is 12.6. The molecule has 1 aliphatic heterocycles. The number of carboxylic acids is 1. The summed E-state index contributed by atoms with van der Waals surface area (Å²) in [6.07, 6.45) is 1.31. The lowest BCUT2D eigenvalue weighted by atomic mass is 9.71. The summed E-state index contributed by atoms with van der Waals surface area (Å²) in [7, 11) is 1.51. The molecule has 1 saturated heterocycles. The molecule has 6 nitrogen and oxygen atoms in total. The van der Waals surface area contributed by atoms with Crippen LogP contribution in [-0.4, -0.2) is 54.3 Å². The highest BCUT2D eigenvalue weighted by molar-refractivity contribution is 6.32. The summed E-state index contributed by atoms with van der Waals surface area (Å²) < 4.78 is 66.8. The van der Waals surface area contributed by atoms with Crippen LogP contribution in [0.4, 0.5) is 17.6 Å². The Hall–Kier alpha value is -3.11. The van der Waals surface area contributed by atoms with Gasteiger partial charge in [0.25, 0.3) is 0 Å². The second-order valence-electron chi connectivity index (χ2n) is 9.87. The van der Waals surface area contributed by atoms with Crippen LogP contribution in [0.2, 0.25) is 5.02 Å². The maximum Gasteiger partial charge on any atom is 0.303 e. The third kappa shape index (κ3) is 6.91. The van der Waals surface area contributed by atoms with Gasteiger partial charge in [-0.3, -0.25) is 14.7 Å². The molecule has 0 unspecified atom stereocenters. The van der Waals surface area contributed by atoms with Crippen molar-refractivity contribution in [1.82, 2.24) is 9.88 Å². The highest BCUT2D eigenvalue weighted by Crippen LogP contribution is 2.44. The molecule has 3 aromatic rings. The lowest BCUT2D eigenvalue weighted by Gasteiger charge is -2.41. The van der Waals surface area contributed by atoms with Gasteiger partial charge >= 0.3 is 5.97 Å². The van der Waals surface area contributed by atoms with Crippen LogP contribution in [0.5, 0.6) is 11.5 Å². The van der Waals surface area contributed by atoms with Gasteiger partial charge < -0.3 is 14.6 Å². The van der Waals surface area contributed by atoms with E-state index in [9.17, 15) is 23.1 Å². The van der Waals surface area contributed by atoms with Crippen LogP contribution in [0.15, 0.2) is 36.5 Å². The number of carbonyl (C=O) groups is 1. The Balaban J connectivity index is 1.39. The molecule has 2 aromatic carbocycles. The van der Waals surface area contributed by atoms with E-state index in [1.165, 1.54) is 13.3 Å². The first kappa shape index (κ1) is 28.9. The van der Waals surface area contributed by atoms with E-state index in [-0.39, 0.29) is 24.5 Å². The standard InChI is InChI=1S/C28H29ClF4N2O4/c1-38-18-2-3-23-19(14-18)26(20(29)16-34-23)21(31)4-5-28(15-25(36)37)6-8-35(9-7-28)10-11-39-24-13-17(30)12-22(32)27(24)33/h2-3,12-14,16,21H,4-11,15H2,1H3,(H,36,37)/t21-/m0/s1. The fourth-order valence-corrected chi connectivity index (χ4v) is 5.47. The van der Waals surface area contributed by atoms with Crippen molar-refractivity contribution in [3.63, 3.8) is 0 Å². The summed E-state index contributed by atoms with van der Waals surface area (Å²) in [6.45, 7) is 1.38. The quantitative estimate of drug-likeness (QED) is 0.204. The molecule has 2 heterocycles. The Bertz CT molecular complexity index is 1330. The first-order valence-corrected chi connectivity index (χ1v) is 13.0. The number of piperidine rings is 1. The van der Waals surface area contributed by atoms with Crippen LogP contribution < -0.4 is 9.47 Å². The number of aliphatic carboxylic acids is 1. The third-order valence-electron chi connectivity index (χ3n) is 7.38. The topological polar surface area (TPSA) is 71.9 Å². The zero-order valence-electron chi connectivity index (χ0n) is 21.4. The Kier molecular flexibility index (Phi) is 9.17. The number of ether oxygens (including phenoxy) is 2. The molecule has 1 N–H and O–H groups in total. The number of hydrogen-bond acceptors (Lipinski definition) is 5. The maximum absolute atomic E-state index is 15.7. The highest BCUT2D eigenvalue weighted by atomic mass is 35.5. The van der Waals surface area contributed by atoms with E-state index in [2.05, 4.69) is 4.98 Å². The van der Waals surface area contributed by atoms with Crippen molar-refractivity contribution in [3.05, 3.63) is 64.6 Å². The largest absolute Gasteiger partial charge is 0.497 e. The van der Waals surface area contributed by atoms with Crippen molar-refractivity contribution in [2.24, 2.45) is 5.41 Å². The van der Waals surface area contributed by atoms with Crippen LogP contribution in [-0.2, 0) is 4.79 Å². The number of rotatable bonds is 11. The molecule has 0 aliphatic carbocycles. The van der Waals surface area contributed by atoms with Crippen LogP contribution in [0, 0.1) is 22.9 Å². The van der Waals surface area contributed by atoms with Crippen molar-refractivity contribution in [1.29, 1.82) is 0 Å². The smallest absolute Gasteiger partial charge is 0.303 e. The molecule has 39 heavy (non-hydrogen) atoms. The molecule has 210 valence electrons. The summed E-state index contributed by atoms with van der Waals surface area (Å²) in [5, 5.41) is 10.3. The Labute approximate surface area is 228 Å². The average molecular weight is 569 g/mol. The summed E-state index contributed by atoms with van der Waals surface area (Å²) in [6, 6.07) is 6.37. The molecule has 1 atom stereocenters. The summed E-state index contributed by atoms with van der Waals surface area (Å²) in [5.41, 5.74) is 0.273. The number of aromatic nitrogens is 1. The SMILES string of the molecule is COc1ccc2ncc(Cl)c([C@@H](F)CCC3(CC(=O)O)CCN(CCOc4cc(F)cc(F)c4F)CC3)c2c1. The molecule has 0 spiro atoms. The van der Waals surface area contributed by atoms with Crippen LogP contribution >= 0.6 is 11.6 Å². The van der Waals surface area contributed by atoms with Crippen LogP contribution in [0.25, 0.3) is 10.9 Å². The van der Waals surface area contributed by atoms with E-state index in [0.717, 1.165) is 6.07 Å². The number of halogens is 5. The lowest BCUT2D eigenvalue weighted by Crippen LogP contribution is -2.42. The van der Waals surface area contributed by atoms with Crippen molar-refractivity contribution in [2.75, 3.05) is 33.4 Å². The van der Waals surface area contributed by atoms with Gasteiger partial charge in [0, 0.05) is 35.8 Å². The minimum Gasteiger partial charge on any atom is -0.497 e. The molecule has 0 bridgehead atoms. The van der Waals surface area contributed by atoms with Crippen molar-refractivity contribution in [3.8, 4) is 11.5 Å². The molecule has 1 aliphatic rings. The number of likely N-dealkylation sites (tertiary alicyclic amines) is 1. The minimum atomic E-state index is -1.44. The van der Waals surface area contributed by atoms with Crippen LogP contribution in [0.1, 0.15) is 43.8 Å². The lowest BCUT2D eigenvalue weighted by molar-refractivity contribution is -0.141. The summed E-state index contributed by atoms with van der Waals surface area (Å²) in [4.78, 5) is 18.0. The van der Waals surface area contributed by atoms with Gasteiger partial charge in [0.1, 0.15) is 24.3 Å². The number of nitrogens with zero attached hydrogens (tertiary/aromatic N) is 2. The minimum absolute atomic E-state index is 0.00459. The van der Waals surface area contributed by atoms with E-state index >= 15 is 4.39 Å². The summed E-state index contributed by atoms with van der Waals surface area (Å²) in [5.74, 6) is -4.43. The number of pyridine rings is 1. The predicted molar refractivity (Wildman–Crippen MR) is 139 cm³/mol. The Morgan fingerprint density at radius 1 is 1.21 bits per heavy atom. The number of carboxylic acid groups (broad SMARTS) is 1. The van der Waals surface area contributed by atoms with Gasteiger partial charge in [0.05, 0.1) is 24.1 Å². The van der Waals surface area contributed by atoms with Crippen molar-refractivity contribution >= 4 is 28.5 Å². The molecule has 0 radical (unpaired) electrons. The van der Waals surface area contributed by atoms with Crippen molar-refractivity contribution in [2.45, 2.75) is 38.3 Å². The molecule has 11 heteroatoms. The van der Waals surface area contributed by atoms with Crippen molar-refractivity contribution < 1.29 is 36.9 Å². The molecule has 4 rings (SSSR count). The maximum atomic E-state index is 15.7. The van der Waals surface area contributed by atoms with Gasteiger partial charge in [-0.1, -0.05) is 11.6 Å². The summed E-state index contributed by atoms with van der Waals surface area (Å²) >= 11 is 6.35. The molecular formula is C28H29ClF4N2O4. The monoisotopic (exact) mass is 568 g/mol. The van der Waals surface area contributed by atoms with E-state index in [1.54, 1.807) is 18.2 Å². The number of hydrogen-bond donors (Lipinski definition) is 1. The van der Waals surface area contributed by atoms with Gasteiger partial charge in [-0.25, -0.2) is 13.2 Å². The number of fused-ring (bicyclic) bond motifs is 1. The average Bonchev–Trinajstić information content (AvgIpc) is 2.90. The zero-order valence-corrected chi connectivity index (χ0v) is 22.1. The second-order valence-corrected chi connectivity index (χ2v) is 10.3. The molecule has 0 saturated carbocycles. The Morgan fingerprint density at radius 2 is 1.95 bits per heavy atom. The second kappa shape index (κ2) is 12.4. The predicted octanol–water partition coefficient (Wildman–Crippen LogP) is 6.74.